The summed E-state index contributed by atoms with van der Waals surface area (Å²) in [5.41, 5.74) is 5.69. The smallest absolute Gasteiger partial charge is 0.283 e. The molecule has 0 aromatic heterocycles. The molecule has 0 atom stereocenters. The van der Waals surface area contributed by atoms with Gasteiger partial charge in [0.25, 0.3) is 5.17 Å². The number of nitrogens with zero attached hydrogens (tertiary/aromatic N) is 1. The average molecular weight is 402 g/mol. The molecular weight excluding hydrogens is 382 g/mol. The number of hydrogen-bond donors (Lipinski definition) is 2. The molecule has 5 nitrogen and oxygen atoms in total. The number of halogens is 1. The molecule has 2 aromatic rings. The molecular formula is C20H20ClN3O2S. The second kappa shape index (κ2) is 7.86. The minimum atomic E-state index is -0.316. The molecule has 0 bridgehead atoms. The van der Waals surface area contributed by atoms with Crippen LogP contribution in [0, 0.1) is 0 Å². The number of piperidine rings is 1. The van der Waals surface area contributed by atoms with Crippen molar-refractivity contribution in [3.05, 3.63) is 71.3 Å². The fourth-order valence-corrected chi connectivity index (χ4v) is 3.58. The topological polar surface area (TPSA) is 45.8 Å². The molecule has 2 aliphatic rings. The first-order valence-electron chi connectivity index (χ1n) is 8.84. The molecule has 0 unspecified atom stereocenters. The van der Waals surface area contributed by atoms with Gasteiger partial charge in [-0.2, -0.15) is 0 Å². The van der Waals surface area contributed by atoms with E-state index >= 15 is 0 Å². The van der Waals surface area contributed by atoms with Crippen LogP contribution >= 0.6 is 23.8 Å². The van der Waals surface area contributed by atoms with Crippen LogP contribution in [0.1, 0.15) is 18.4 Å². The van der Waals surface area contributed by atoms with Crippen molar-refractivity contribution in [1.82, 2.24) is 10.5 Å². The second-order valence-corrected chi connectivity index (χ2v) is 7.44. The Balaban J connectivity index is 1.32. The van der Waals surface area contributed by atoms with Crippen LogP contribution in [0.25, 0.3) is 5.70 Å². The van der Waals surface area contributed by atoms with Gasteiger partial charge < -0.3 is 10.2 Å². The van der Waals surface area contributed by atoms with Crippen LogP contribution in [0.4, 0.5) is 5.69 Å². The first-order chi connectivity index (χ1) is 13.1. The molecule has 2 aliphatic heterocycles. The molecule has 2 aromatic carbocycles. The number of thiocarbonyl (C=S) groups is 1. The minimum absolute atomic E-state index is 0.316. The molecule has 1 saturated heterocycles. The van der Waals surface area contributed by atoms with E-state index in [0.29, 0.717) is 5.17 Å². The summed E-state index contributed by atoms with van der Waals surface area (Å²) in [7, 11) is 0. The predicted molar refractivity (Wildman–Crippen MR) is 111 cm³/mol. The van der Waals surface area contributed by atoms with Crippen molar-refractivity contribution in [3.8, 4) is 0 Å². The molecule has 4 rings (SSSR count). The average Bonchev–Trinajstić information content (AvgIpc) is 3.09. The quantitative estimate of drug-likeness (QED) is 0.744. The molecule has 27 heavy (non-hydrogen) atoms. The Hall–Kier alpha value is -2.12. The van der Waals surface area contributed by atoms with Crippen molar-refractivity contribution in [1.29, 1.82) is 0 Å². The van der Waals surface area contributed by atoms with E-state index in [1.165, 1.54) is 0 Å². The van der Waals surface area contributed by atoms with Crippen molar-refractivity contribution in [2.45, 2.75) is 18.4 Å². The molecule has 0 aliphatic carbocycles. The van der Waals surface area contributed by atoms with Gasteiger partial charge in [0.15, 0.2) is 0 Å². The monoisotopic (exact) mass is 401 g/mol. The molecule has 0 radical (unpaired) electrons. The summed E-state index contributed by atoms with van der Waals surface area (Å²) >= 11 is 11.3. The molecule has 0 saturated carbocycles. The van der Waals surface area contributed by atoms with Gasteiger partial charge in [-0.3, -0.25) is 10.3 Å². The zero-order valence-corrected chi connectivity index (χ0v) is 16.2. The first kappa shape index (κ1) is 18.3. The fourth-order valence-electron chi connectivity index (χ4n) is 3.23. The number of rotatable bonds is 3. The summed E-state index contributed by atoms with van der Waals surface area (Å²) in [5.74, 6) is 0. The second-order valence-electron chi connectivity index (χ2n) is 6.63. The molecule has 2 N–H and O–H groups in total. The van der Waals surface area contributed by atoms with E-state index in [1.807, 2.05) is 59.7 Å². The largest absolute Gasteiger partial charge is 0.375 e. The maximum atomic E-state index is 5.96. The predicted octanol–water partition coefficient (Wildman–Crippen LogP) is 4.38. The summed E-state index contributed by atoms with van der Waals surface area (Å²) in [5, 5.41) is 6.03. The van der Waals surface area contributed by atoms with Gasteiger partial charge >= 0.3 is 0 Å². The Morgan fingerprint density at radius 3 is 2.52 bits per heavy atom. The number of benzene rings is 2. The van der Waals surface area contributed by atoms with Crippen LogP contribution < -0.4 is 10.8 Å². The standard InChI is InChI=1S/C20H20ClN3O2S/c21-16-8-6-15(7-9-16)18-14-20(26-23-18)10-12-24(13-11-20)25-19(27)22-17-4-2-1-3-5-17/h1-9,14,23H,10-13H2,(H,22,27). The minimum Gasteiger partial charge on any atom is -0.375 e. The lowest BCUT2D eigenvalue weighted by Crippen LogP contribution is -2.45. The zero-order valence-electron chi connectivity index (χ0n) is 14.7. The molecule has 7 heteroatoms. The van der Waals surface area contributed by atoms with E-state index in [-0.39, 0.29) is 5.60 Å². The Bertz CT molecular complexity index is 834. The number of anilines is 1. The van der Waals surface area contributed by atoms with E-state index in [4.69, 9.17) is 33.5 Å². The SMILES string of the molecule is S=C(Nc1ccccc1)ON1CCC2(C=C(c3ccc(Cl)cc3)NO2)CC1. The van der Waals surface area contributed by atoms with Crippen LogP contribution in [-0.4, -0.2) is 28.9 Å². The Morgan fingerprint density at radius 2 is 1.81 bits per heavy atom. The molecule has 0 amide bonds. The first-order valence-corrected chi connectivity index (χ1v) is 9.62. The van der Waals surface area contributed by atoms with E-state index in [0.717, 1.165) is 47.9 Å². The van der Waals surface area contributed by atoms with E-state index in [9.17, 15) is 0 Å². The number of hydrogen-bond acceptors (Lipinski definition) is 5. The summed E-state index contributed by atoms with van der Waals surface area (Å²) in [6.07, 6.45) is 3.78. The van der Waals surface area contributed by atoms with Gasteiger partial charge in [0.1, 0.15) is 5.60 Å². The van der Waals surface area contributed by atoms with Crippen LogP contribution in [0.2, 0.25) is 5.02 Å². The fraction of sp³-hybridized carbons (Fsp3) is 0.250. The Morgan fingerprint density at radius 1 is 1.11 bits per heavy atom. The molecule has 1 fully saturated rings. The number of nitrogens with one attached hydrogen (secondary N) is 2. The lowest BCUT2D eigenvalue weighted by molar-refractivity contribution is -0.142. The van der Waals surface area contributed by atoms with Gasteiger partial charge in [-0.1, -0.05) is 41.9 Å². The molecule has 1 spiro atoms. The van der Waals surface area contributed by atoms with Gasteiger partial charge in [0, 0.05) is 23.8 Å². The lowest BCUT2D eigenvalue weighted by atomic mass is 9.91. The van der Waals surface area contributed by atoms with Crippen LogP contribution in [0.5, 0.6) is 0 Å². The van der Waals surface area contributed by atoms with Gasteiger partial charge in [0.2, 0.25) is 0 Å². The number of hydroxylamine groups is 3. The highest BCUT2D eigenvalue weighted by Gasteiger charge is 2.39. The summed E-state index contributed by atoms with van der Waals surface area (Å²) < 4.78 is 0. The molecule has 140 valence electrons. The van der Waals surface area contributed by atoms with Gasteiger partial charge in [-0.25, -0.2) is 0 Å². The highest BCUT2D eigenvalue weighted by Crippen LogP contribution is 2.35. The van der Waals surface area contributed by atoms with Crippen LogP contribution in [0.15, 0.2) is 60.7 Å². The Kier molecular flexibility index (Phi) is 5.31. The highest BCUT2D eigenvalue weighted by molar-refractivity contribution is 7.80. The Labute approximate surface area is 168 Å². The van der Waals surface area contributed by atoms with Crippen molar-refractivity contribution >= 4 is 40.4 Å². The van der Waals surface area contributed by atoms with Gasteiger partial charge in [0.05, 0.1) is 5.70 Å². The third kappa shape index (κ3) is 4.42. The van der Waals surface area contributed by atoms with Gasteiger partial charge in [-0.15, -0.1) is 5.06 Å². The number of para-hydroxylation sites is 1. The lowest BCUT2D eigenvalue weighted by Gasteiger charge is -2.35. The molecule has 2 heterocycles. The van der Waals surface area contributed by atoms with E-state index in [2.05, 4.69) is 16.9 Å². The van der Waals surface area contributed by atoms with Crippen molar-refractivity contribution in [3.63, 3.8) is 0 Å². The van der Waals surface area contributed by atoms with Crippen LogP contribution in [0.3, 0.4) is 0 Å². The van der Waals surface area contributed by atoms with Crippen molar-refractivity contribution in [2.24, 2.45) is 0 Å². The third-order valence-electron chi connectivity index (χ3n) is 4.73. The van der Waals surface area contributed by atoms with E-state index in [1.54, 1.807) is 0 Å². The summed E-state index contributed by atoms with van der Waals surface area (Å²) in [6, 6.07) is 17.5. The van der Waals surface area contributed by atoms with Gasteiger partial charge in [-0.05, 0) is 61.0 Å². The van der Waals surface area contributed by atoms with Crippen LogP contribution in [-0.2, 0) is 9.68 Å². The maximum Gasteiger partial charge on any atom is 0.283 e. The highest BCUT2D eigenvalue weighted by atomic mass is 35.5. The van der Waals surface area contributed by atoms with Crippen molar-refractivity contribution in [2.75, 3.05) is 18.4 Å². The van der Waals surface area contributed by atoms with Crippen molar-refractivity contribution < 1.29 is 9.68 Å². The van der Waals surface area contributed by atoms with E-state index < -0.39 is 0 Å². The maximum absolute atomic E-state index is 5.96. The summed E-state index contributed by atoms with van der Waals surface area (Å²) in [4.78, 5) is 11.7. The zero-order chi connectivity index (χ0) is 18.7. The third-order valence-corrected chi connectivity index (χ3v) is 5.16. The summed E-state index contributed by atoms with van der Waals surface area (Å²) in [6.45, 7) is 1.45. The normalized spacial score (nSPS) is 18.6.